The van der Waals surface area contributed by atoms with Gasteiger partial charge in [0.25, 0.3) is 0 Å². The van der Waals surface area contributed by atoms with E-state index in [1.807, 2.05) is 30.3 Å². The molecule has 9 heteroatoms. The largest absolute Gasteiger partial charge is 0.459 e. The standard InChI is InChI=1S/C22H27NO7S/c1-22(2,3)29-21(25)23-19(20(24)28-15-16-9-6-5-7-10-16)14-17-11-8-12-18(13-17)30-31(4,26)27/h5-13,19H,14-15H2,1-4H3,(H,23,25)/t19-/m0/s1. The van der Waals surface area contributed by atoms with Crippen molar-refractivity contribution >= 4 is 22.2 Å². The molecule has 0 aromatic heterocycles. The van der Waals surface area contributed by atoms with Crippen LogP contribution in [0.1, 0.15) is 31.9 Å². The van der Waals surface area contributed by atoms with Crippen molar-refractivity contribution in [1.82, 2.24) is 5.32 Å². The molecular formula is C22H27NO7S. The fraction of sp³-hybridized carbons (Fsp3) is 0.364. The molecule has 0 spiro atoms. The van der Waals surface area contributed by atoms with Crippen molar-refractivity contribution in [3.05, 3.63) is 65.7 Å². The maximum atomic E-state index is 12.7. The van der Waals surface area contributed by atoms with Gasteiger partial charge in [0, 0.05) is 6.42 Å². The first-order valence-corrected chi connectivity index (χ1v) is 11.4. The molecule has 0 aliphatic heterocycles. The van der Waals surface area contributed by atoms with E-state index < -0.39 is 33.8 Å². The molecule has 8 nitrogen and oxygen atoms in total. The molecule has 0 unspecified atom stereocenters. The van der Waals surface area contributed by atoms with Crippen molar-refractivity contribution in [2.75, 3.05) is 6.26 Å². The van der Waals surface area contributed by atoms with Crippen molar-refractivity contribution < 1.29 is 31.7 Å². The Hall–Kier alpha value is -3.07. The van der Waals surface area contributed by atoms with E-state index in [9.17, 15) is 18.0 Å². The number of carbonyl (C=O) groups excluding carboxylic acids is 2. The van der Waals surface area contributed by atoms with Crippen LogP contribution in [-0.4, -0.2) is 38.4 Å². The van der Waals surface area contributed by atoms with Gasteiger partial charge in [0.15, 0.2) is 0 Å². The summed E-state index contributed by atoms with van der Waals surface area (Å²) in [5.74, 6) is -0.544. The number of amides is 1. The van der Waals surface area contributed by atoms with Gasteiger partial charge in [-0.25, -0.2) is 9.59 Å². The Balaban J connectivity index is 2.15. The summed E-state index contributed by atoms with van der Waals surface area (Å²) in [6.07, 6.45) is 0.221. The highest BCUT2D eigenvalue weighted by Crippen LogP contribution is 2.17. The summed E-state index contributed by atoms with van der Waals surface area (Å²) in [4.78, 5) is 25.0. The second kappa shape index (κ2) is 10.3. The molecule has 168 valence electrons. The molecule has 0 saturated heterocycles. The van der Waals surface area contributed by atoms with Crippen LogP contribution < -0.4 is 9.50 Å². The van der Waals surface area contributed by atoms with Crippen LogP contribution in [-0.2, 0) is 37.4 Å². The minimum absolute atomic E-state index is 0.0450. The number of ether oxygens (including phenoxy) is 2. The molecule has 2 aromatic carbocycles. The topological polar surface area (TPSA) is 108 Å². The summed E-state index contributed by atoms with van der Waals surface area (Å²) >= 11 is 0. The van der Waals surface area contributed by atoms with Crippen LogP contribution in [0.3, 0.4) is 0 Å². The molecule has 0 fully saturated rings. The Kier molecular flexibility index (Phi) is 8.04. The second-order valence-electron chi connectivity index (χ2n) is 7.93. The van der Waals surface area contributed by atoms with Crippen LogP contribution in [0.5, 0.6) is 5.75 Å². The van der Waals surface area contributed by atoms with Gasteiger partial charge in [0.05, 0.1) is 6.26 Å². The molecule has 0 radical (unpaired) electrons. The number of benzene rings is 2. The van der Waals surface area contributed by atoms with Gasteiger partial charge in [-0.05, 0) is 44.0 Å². The van der Waals surface area contributed by atoms with Crippen LogP contribution in [0.4, 0.5) is 4.79 Å². The van der Waals surface area contributed by atoms with Crippen LogP contribution >= 0.6 is 0 Å². The number of rotatable bonds is 8. The van der Waals surface area contributed by atoms with Crippen LogP contribution in [0.25, 0.3) is 0 Å². The summed E-state index contributed by atoms with van der Waals surface area (Å²) in [5, 5.41) is 2.53. The van der Waals surface area contributed by atoms with E-state index in [4.69, 9.17) is 13.7 Å². The first kappa shape index (κ1) is 24.2. The third-order valence-electron chi connectivity index (χ3n) is 3.79. The summed E-state index contributed by atoms with van der Waals surface area (Å²) in [5.41, 5.74) is 0.625. The molecule has 1 atom stereocenters. The fourth-order valence-corrected chi connectivity index (χ4v) is 3.06. The van der Waals surface area contributed by atoms with Crippen molar-refractivity contribution in [1.29, 1.82) is 0 Å². The average molecular weight is 450 g/mol. The van der Waals surface area contributed by atoms with Crippen LogP contribution in [0.15, 0.2) is 54.6 Å². The third kappa shape index (κ3) is 9.52. The van der Waals surface area contributed by atoms with Crippen molar-refractivity contribution in [3.8, 4) is 5.75 Å². The van der Waals surface area contributed by atoms with Gasteiger partial charge in [-0.1, -0.05) is 42.5 Å². The Bertz CT molecular complexity index is 998. The summed E-state index contributed by atoms with van der Waals surface area (Å²) in [7, 11) is -3.70. The zero-order chi connectivity index (χ0) is 23.1. The Morgan fingerprint density at radius 2 is 1.65 bits per heavy atom. The molecule has 0 aliphatic carbocycles. The maximum Gasteiger partial charge on any atom is 0.408 e. The van der Waals surface area contributed by atoms with Gasteiger partial charge in [0.2, 0.25) is 0 Å². The molecular weight excluding hydrogens is 422 g/mol. The predicted octanol–water partition coefficient (Wildman–Crippen LogP) is 3.20. The van der Waals surface area contributed by atoms with Crippen molar-refractivity contribution in [3.63, 3.8) is 0 Å². The lowest BCUT2D eigenvalue weighted by Gasteiger charge is -2.23. The fourth-order valence-electron chi connectivity index (χ4n) is 2.61. The lowest BCUT2D eigenvalue weighted by atomic mass is 10.1. The minimum Gasteiger partial charge on any atom is -0.459 e. The van der Waals surface area contributed by atoms with E-state index in [1.54, 1.807) is 32.9 Å². The molecule has 2 aromatic rings. The number of esters is 1. The van der Waals surface area contributed by atoms with Gasteiger partial charge < -0.3 is 19.0 Å². The van der Waals surface area contributed by atoms with E-state index in [1.165, 1.54) is 12.1 Å². The van der Waals surface area contributed by atoms with Crippen molar-refractivity contribution in [2.45, 2.75) is 45.4 Å². The molecule has 0 saturated carbocycles. The number of alkyl carbamates (subject to hydrolysis) is 1. The second-order valence-corrected chi connectivity index (χ2v) is 9.51. The number of hydrogen-bond acceptors (Lipinski definition) is 7. The zero-order valence-corrected chi connectivity index (χ0v) is 18.8. The third-order valence-corrected chi connectivity index (χ3v) is 4.28. The van der Waals surface area contributed by atoms with E-state index in [0.717, 1.165) is 11.8 Å². The Labute approximate surface area is 182 Å². The number of carbonyl (C=O) groups is 2. The summed E-state index contributed by atoms with van der Waals surface area (Å²) in [6, 6.07) is 14.3. The number of hydrogen-bond donors (Lipinski definition) is 1. The van der Waals surface area contributed by atoms with Gasteiger partial charge in [0.1, 0.15) is 24.0 Å². The first-order valence-electron chi connectivity index (χ1n) is 9.60. The van der Waals surface area contributed by atoms with E-state index in [2.05, 4.69) is 5.32 Å². The van der Waals surface area contributed by atoms with Gasteiger partial charge in [-0.2, -0.15) is 8.42 Å². The highest BCUT2D eigenvalue weighted by atomic mass is 32.2. The molecule has 0 aliphatic rings. The lowest BCUT2D eigenvalue weighted by molar-refractivity contribution is -0.147. The normalized spacial score (nSPS) is 12.5. The van der Waals surface area contributed by atoms with Crippen LogP contribution in [0, 0.1) is 0 Å². The molecule has 0 bridgehead atoms. The minimum atomic E-state index is -3.70. The molecule has 1 N–H and O–H groups in total. The Morgan fingerprint density at radius 3 is 2.26 bits per heavy atom. The number of nitrogens with one attached hydrogen (secondary N) is 1. The quantitative estimate of drug-likeness (QED) is 0.487. The van der Waals surface area contributed by atoms with Gasteiger partial charge in [-0.15, -0.1) is 0 Å². The van der Waals surface area contributed by atoms with Gasteiger partial charge >= 0.3 is 22.2 Å². The highest BCUT2D eigenvalue weighted by Gasteiger charge is 2.26. The molecule has 2 rings (SSSR count). The molecule has 31 heavy (non-hydrogen) atoms. The SMILES string of the molecule is CC(C)(C)OC(=O)N[C@@H](Cc1cccc(OS(C)(=O)=O)c1)C(=O)OCc1ccccc1. The summed E-state index contributed by atoms with van der Waals surface area (Å²) < 4.78 is 38.2. The van der Waals surface area contributed by atoms with Gasteiger partial charge in [-0.3, -0.25) is 0 Å². The zero-order valence-electron chi connectivity index (χ0n) is 18.0. The maximum absolute atomic E-state index is 12.7. The van der Waals surface area contributed by atoms with Crippen molar-refractivity contribution in [2.24, 2.45) is 0 Å². The lowest BCUT2D eigenvalue weighted by Crippen LogP contribution is -2.45. The van der Waals surface area contributed by atoms with E-state index >= 15 is 0 Å². The Morgan fingerprint density at radius 1 is 1.00 bits per heavy atom. The highest BCUT2D eigenvalue weighted by molar-refractivity contribution is 7.86. The monoisotopic (exact) mass is 449 g/mol. The molecule has 1 amide bonds. The van der Waals surface area contributed by atoms with Crippen LogP contribution in [0.2, 0.25) is 0 Å². The average Bonchev–Trinajstić information content (AvgIpc) is 2.64. The smallest absolute Gasteiger partial charge is 0.408 e. The molecule has 0 heterocycles. The van der Waals surface area contributed by atoms with E-state index in [-0.39, 0.29) is 18.8 Å². The van der Waals surface area contributed by atoms with E-state index in [0.29, 0.717) is 5.56 Å². The first-order chi connectivity index (χ1) is 14.4. The summed E-state index contributed by atoms with van der Waals surface area (Å²) in [6.45, 7) is 5.17. The predicted molar refractivity (Wildman–Crippen MR) is 115 cm³/mol.